The number of hydrogen-bond donors (Lipinski definition) is 2. The molecule has 0 unspecified atom stereocenters. The number of nitrogens with one attached hydrogen (secondary N) is 2. The first-order valence-corrected chi connectivity index (χ1v) is 12.5. The van der Waals surface area contributed by atoms with E-state index in [1.54, 1.807) is 18.2 Å². The molecule has 1 aliphatic heterocycles. The summed E-state index contributed by atoms with van der Waals surface area (Å²) >= 11 is 5.88. The number of para-hydroxylation sites is 1. The van der Waals surface area contributed by atoms with Crippen molar-refractivity contribution in [3.05, 3.63) is 53.4 Å². The predicted octanol–water partition coefficient (Wildman–Crippen LogP) is 5.72. The molecule has 5 rings (SSSR count). The molecular formula is C26H29ClN4O3. The summed E-state index contributed by atoms with van der Waals surface area (Å²) < 4.78 is 5.85. The van der Waals surface area contributed by atoms with Gasteiger partial charge < -0.3 is 20.0 Å². The first-order chi connectivity index (χ1) is 16.6. The maximum absolute atomic E-state index is 13.2. The third kappa shape index (κ3) is 4.95. The number of aromatic nitrogens is 1. The monoisotopic (exact) mass is 480 g/mol. The van der Waals surface area contributed by atoms with Crippen LogP contribution in [0.4, 0.5) is 11.5 Å². The fraction of sp³-hybridized carbons (Fsp3) is 0.423. The first kappa shape index (κ1) is 22.9. The molecule has 1 saturated carbocycles. The zero-order chi connectivity index (χ0) is 23.5. The molecule has 0 spiro atoms. The molecule has 2 fully saturated rings. The molecular weight excluding hydrogens is 452 g/mol. The van der Waals surface area contributed by atoms with Gasteiger partial charge in [-0.05, 0) is 75.9 Å². The molecule has 178 valence electrons. The second-order valence-corrected chi connectivity index (χ2v) is 9.65. The quantitative estimate of drug-likeness (QED) is 0.488. The number of pyridine rings is 1. The molecule has 3 heterocycles. The van der Waals surface area contributed by atoms with Crippen LogP contribution in [0, 0.1) is 5.92 Å². The highest BCUT2D eigenvalue weighted by Gasteiger charge is 2.31. The van der Waals surface area contributed by atoms with Gasteiger partial charge in [0.1, 0.15) is 17.1 Å². The summed E-state index contributed by atoms with van der Waals surface area (Å²) in [7, 11) is 0. The number of fused-ring (bicyclic) bond motifs is 1. The van der Waals surface area contributed by atoms with Crippen molar-refractivity contribution in [1.29, 1.82) is 0 Å². The molecule has 2 aliphatic rings. The van der Waals surface area contributed by atoms with Gasteiger partial charge in [0.15, 0.2) is 0 Å². The number of carbonyl (C=O) groups is 2. The number of hydrogen-bond acceptors (Lipinski definition) is 5. The Balaban J connectivity index is 1.30. The minimum Gasteiger partial charge on any atom is -0.449 e. The largest absolute Gasteiger partial charge is 0.449 e. The number of likely N-dealkylation sites (tertiary alicyclic amines) is 1. The second kappa shape index (κ2) is 10.2. The highest BCUT2D eigenvalue weighted by molar-refractivity contribution is 6.30. The van der Waals surface area contributed by atoms with Crippen LogP contribution in [0.2, 0.25) is 5.02 Å². The standard InChI is InChI=1S/C26H29ClN4O3/c27-18-10-13-22(28-16-18)29-26(33)24-23(20-6-2-3-7-21(20)34-24)30-25(32)17-8-11-19(12-9-17)31-14-4-1-5-15-31/h2-3,6-7,10,13,16-17,19H,1,4-5,8-9,11-12,14-15H2,(H,30,32)(H,28,29,33). The Morgan fingerprint density at radius 3 is 2.47 bits per heavy atom. The van der Waals surface area contributed by atoms with Crippen molar-refractivity contribution in [2.45, 2.75) is 51.0 Å². The van der Waals surface area contributed by atoms with Gasteiger partial charge in [0.25, 0.3) is 5.91 Å². The van der Waals surface area contributed by atoms with E-state index in [0.29, 0.717) is 33.5 Å². The number of halogens is 1. The first-order valence-electron chi connectivity index (χ1n) is 12.1. The number of nitrogens with zero attached hydrogens (tertiary/aromatic N) is 2. The van der Waals surface area contributed by atoms with Gasteiger partial charge in [0.05, 0.1) is 5.02 Å². The van der Waals surface area contributed by atoms with Gasteiger partial charge in [-0.25, -0.2) is 4.98 Å². The van der Waals surface area contributed by atoms with Crippen molar-refractivity contribution < 1.29 is 14.0 Å². The van der Waals surface area contributed by atoms with Gasteiger partial charge in [0.2, 0.25) is 11.7 Å². The van der Waals surface area contributed by atoms with E-state index in [4.69, 9.17) is 16.0 Å². The van der Waals surface area contributed by atoms with Gasteiger partial charge in [-0.3, -0.25) is 9.59 Å². The Labute approximate surface area is 203 Å². The lowest BCUT2D eigenvalue weighted by atomic mass is 9.84. The number of rotatable bonds is 5. The average Bonchev–Trinajstić information content (AvgIpc) is 3.24. The van der Waals surface area contributed by atoms with E-state index in [9.17, 15) is 9.59 Å². The lowest BCUT2D eigenvalue weighted by Gasteiger charge is -2.38. The molecule has 0 radical (unpaired) electrons. The van der Waals surface area contributed by atoms with Crippen molar-refractivity contribution in [3.63, 3.8) is 0 Å². The average molecular weight is 481 g/mol. The SMILES string of the molecule is O=C(Nc1ccc(Cl)cn1)c1oc2ccccc2c1NC(=O)C1CCC(N2CCCCC2)CC1. The lowest BCUT2D eigenvalue weighted by Crippen LogP contribution is -2.42. The summed E-state index contributed by atoms with van der Waals surface area (Å²) in [5.41, 5.74) is 0.950. The van der Waals surface area contributed by atoms with Crippen molar-refractivity contribution >= 4 is 45.9 Å². The Bertz CT molecular complexity index is 1160. The molecule has 2 N–H and O–H groups in total. The molecule has 1 aromatic carbocycles. The van der Waals surface area contributed by atoms with E-state index in [0.717, 1.165) is 25.7 Å². The van der Waals surface area contributed by atoms with Crippen molar-refractivity contribution in [1.82, 2.24) is 9.88 Å². The Hall–Kier alpha value is -2.90. The summed E-state index contributed by atoms with van der Waals surface area (Å²) in [6.07, 6.45) is 9.15. The third-order valence-corrected chi connectivity index (χ3v) is 7.22. The predicted molar refractivity (Wildman–Crippen MR) is 133 cm³/mol. The fourth-order valence-corrected chi connectivity index (χ4v) is 5.28. The Kier molecular flexibility index (Phi) is 6.83. The van der Waals surface area contributed by atoms with E-state index < -0.39 is 5.91 Å². The molecule has 0 bridgehead atoms. The van der Waals surface area contributed by atoms with E-state index in [2.05, 4.69) is 20.5 Å². The highest BCUT2D eigenvalue weighted by atomic mass is 35.5. The molecule has 2 amide bonds. The number of amides is 2. The summed E-state index contributed by atoms with van der Waals surface area (Å²) in [6.45, 7) is 2.37. The van der Waals surface area contributed by atoms with Crippen LogP contribution in [0.5, 0.6) is 0 Å². The van der Waals surface area contributed by atoms with E-state index >= 15 is 0 Å². The van der Waals surface area contributed by atoms with Crippen LogP contribution < -0.4 is 10.6 Å². The molecule has 1 aliphatic carbocycles. The summed E-state index contributed by atoms with van der Waals surface area (Å²) in [5, 5.41) is 6.92. The number of benzene rings is 1. The van der Waals surface area contributed by atoms with Gasteiger partial charge >= 0.3 is 0 Å². The Morgan fingerprint density at radius 2 is 1.74 bits per heavy atom. The molecule has 7 nitrogen and oxygen atoms in total. The van der Waals surface area contributed by atoms with E-state index in [1.165, 1.54) is 38.5 Å². The van der Waals surface area contributed by atoms with Crippen LogP contribution in [0.3, 0.4) is 0 Å². The van der Waals surface area contributed by atoms with E-state index in [1.807, 2.05) is 18.2 Å². The number of carbonyl (C=O) groups excluding carboxylic acids is 2. The number of piperidine rings is 1. The van der Waals surface area contributed by atoms with Crippen molar-refractivity contribution in [2.75, 3.05) is 23.7 Å². The molecule has 1 saturated heterocycles. The lowest BCUT2D eigenvalue weighted by molar-refractivity contribution is -0.121. The van der Waals surface area contributed by atoms with Crippen LogP contribution in [0.25, 0.3) is 11.0 Å². The fourth-order valence-electron chi connectivity index (χ4n) is 5.16. The van der Waals surface area contributed by atoms with Crippen molar-refractivity contribution in [3.8, 4) is 0 Å². The van der Waals surface area contributed by atoms with Crippen LogP contribution in [0.1, 0.15) is 55.5 Å². The van der Waals surface area contributed by atoms with Crippen LogP contribution in [-0.4, -0.2) is 40.8 Å². The molecule has 3 aromatic rings. The second-order valence-electron chi connectivity index (χ2n) is 9.21. The molecule has 0 atom stereocenters. The summed E-state index contributed by atoms with van der Waals surface area (Å²) in [5.74, 6) is -0.183. The summed E-state index contributed by atoms with van der Waals surface area (Å²) in [4.78, 5) is 33.0. The van der Waals surface area contributed by atoms with Gasteiger partial charge in [-0.15, -0.1) is 0 Å². The topological polar surface area (TPSA) is 87.5 Å². The van der Waals surface area contributed by atoms with Crippen LogP contribution in [0.15, 0.2) is 47.0 Å². The zero-order valence-corrected chi connectivity index (χ0v) is 19.8. The van der Waals surface area contributed by atoms with Gasteiger partial charge in [-0.2, -0.15) is 0 Å². The maximum Gasteiger partial charge on any atom is 0.294 e. The van der Waals surface area contributed by atoms with Gasteiger partial charge in [-0.1, -0.05) is 30.2 Å². The minimum atomic E-state index is -0.477. The Morgan fingerprint density at radius 1 is 0.971 bits per heavy atom. The number of furan rings is 1. The smallest absolute Gasteiger partial charge is 0.294 e. The molecule has 8 heteroatoms. The van der Waals surface area contributed by atoms with Gasteiger partial charge in [0, 0.05) is 23.5 Å². The van der Waals surface area contributed by atoms with E-state index in [-0.39, 0.29) is 17.6 Å². The minimum absolute atomic E-state index is 0.0534. The molecule has 34 heavy (non-hydrogen) atoms. The zero-order valence-electron chi connectivity index (χ0n) is 19.1. The van der Waals surface area contributed by atoms with Crippen LogP contribution in [-0.2, 0) is 4.79 Å². The highest BCUT2D eigenvalue weighted by Crippen LogP contribution is 2.34. The maximum atomic E-state index is 13.2. The normalized spacial score (nSPS) is 21.3. The summed E-state index contributed by atoms with van der Waals surface area (Å²) in [6, 6.07) is 11.2. The number of anilines is 2. The van der Waals surface area contributed by atoms with Crippen molar-refractivity contribution in [2.24, 2.45) is 5.92 Å². The third-order valence-electron chi connectivity index (χ3n) is 6.99. The van der Waals surface area contributed by atoms with Crippen LogP contribution >= 0.6 is 11.6 Å². The molecule has 2 aromatic heterocycles.